The standard InChI is InChI=1S/C17H24BrNO4S/c1-17(2,3)23-16(20)19-11-4-5-14(19)10-12-24(21,22)15-8-6-13(18)7-9-15/h6-9,14H,4-5,10-12H2,1-3H3. The SMILES string of the molecule is CC(C)(C)OC(=O)N1CCCC1CCS(=O)(=O)c1ccc(Br)cc1. The highest BCUT2D eigenvalue weighted by Crippen LogP contribution is 2.25. The van der Waals surface area contributed by atoms with Gasteiger partial charge in [-0.1, -0.05) is 15.9 Å². The number of rotatable bonds is 4. The summed E-state index contributed by atoms with van der Waals surface area (Å²) in [5, 5.41) is 0. The van der Waals surface area contributed by atoms with Gasteiger partial charge in [0.05, 0.1) is 10.6 Å². The second-order valence-electron chi connectivity index (χ2n) is 7.03. The van der Waals surface area contributed by atoms with Crippen LogP contribution >= 0.6 is 15.9 Å². The number of hydrogen-bond donors (Lipinski definition) is 0. The Kier molecular flexibility index (Phi) is 5.96. The summed E-state index contributed by atoms with van der Waals surface area (Å²) in [6.45, 7) is 6.10. The summed E-state index contributed by atoms with van der Waals surface area (Å²) < 4.78 is 31.2. The summed E-state index contributed by atoms with van der Waals surface area (Å²) >= 11 is 3.30. The fourth-order valence-corrected chi connectivity index (χ4v) is 4.38. The molecule has 7 heteroatoms. The number of amides is 1. The van der Waals surface area contributed by atoms with Crippen molar-refractivity contribution in [3.63, 3.8) is 0 Å². The highest BCUT2D eigenvalue weighted by molar-refractivity contribution is 9.10. The Morgan fingerprint density at radius 2 is 1.92 bits per heavy atom. The molecule has 0 radical (unpaired) electrons. The van der Waals surface area contributed by atoms with Gasteiger partial charge in [0, 0.05) is 17.1 Å². The van der Waals surface area contributed by atoms with Crippen molar-refractivity contribution in [3.8, 4) is 0 Å². The second-order valence-corrected chi connectivity index (χ2v) is 10.1. The number of ether oxygens (including phenoxy) is 1. The van der Waals surface area contributed by atoms with Crippen molar-refractivity contribution >= 4 is 31.9 Å². The minimum Gasteiger partial charge on any atom is -0.444 e. The summed E-state index contributed by atoms with van der Waals surface area (Å²) in [6, 6.07) is 6.55. The van der Waals surface area contributed by atoms with Crippen molar-refractivity contribution in [1.82, 2.24) is 4.90 Å². The highest BCUT2D eigenvalue weighted by atomic mass is 79.9. The largest absolute Gasteiger partial charge is 0.444 e. The lowest BCUT2D eigenvalue weighted by molar-refractivity contribution is 0.0224. The molecule has 1 fully saturated rings. The minimum atomic E-state index is -3.35. The van der Waals surface area contributed by atoms with Gasteiger partial charge in [-0.15, -0.1) is 0 Å². The molecule has 1 amide bonds. The Morgan fingerprint density at radius 3 is 2.50 bits per heavy atom. The van der Waals surface area contributed by atoms with E-state index >= 15 is 0 Å². The Labute approximate surface area is 152 Å². The minimum absolute atomic E-state index is 0.0264. The molecule has 0 N–H and O–H groups in total. The number of carbonyl (C=O) groups is 1. The van der Waals surface area contributed by atoms with Crippen molar-refractivity contribution in [1.29, 1.82) is 0 Å². The van der Waals surface area contributed by atoms with Gasteiger partial charge in [-0.25, -0.2) is 13.2 Å². The number of halogens is 1. The van der Waals surface area contributed by atoms with Crippen molar-refractivity contribution in [3.05, 3.63) is 28.7 Å². The first kappa shape index (κ1) is 19.2. The molecular formula is C17H24BrNO4S. The van der Waals surface area contributed by atoms with Gasteiger partial charge in [0.2, 0.25) is 0 Å². The van der Waals surface area contributed by atoms with Crippen LogP contribution in [0.4, 0.5) is 4.79 Å². The molecule has 24 heavy (non-hydrogen) atoms. The number of likely N-dealkylation sites (tertiary alicyclic amines) is 1. The topological polar surface area (TPSA) is 63.7 Å². The van der Waals surface area contributed by atoms with Crippen molar-refractivity contribution < 1.29 is 17.9 Å². The molecule has 0 spiro atoms. The lowest BCUT2D eigenvalue weighted by atomic mass is 10.2. The number of benzene rings is 1. The molecule has 1 aliphatic heterocycles. The van der Waals surface area contributed by atoms with Crippen LogP contribution in [-0.4, -0.2) is 43.4 Å². The van der Waals surface area contributed by atoms with E-state index in [0.717, 1.165) is 17.3 Å². The molecule has 1 saturated heterocycles. The maximum atomic E-state index is 12.5. The average Bonchev–Trinajstić information content (AvgIpc) is 2.92. The molecule has 2 rings (SSSR count). The van der Waals surface area contributed by atoms with Gasteiger partial charge >= 0.3 is 6.09 Å². The smallest absolute Gasteiger partial charge is 0.410 e. The summed E-state index contributed by atoms with van der Waals surface area (Å²) in [7, 11) is -3.35. The zero-order valence-corrected chi connectivity index (χ0v) is 16.7. The van der Waals surface area contributed by atoms with Crippen LogP contribution in [0.5, 0.6) is 0 Å². The second kappa shape index (κ2) is 7.44. The first-order chi connectivity index (χ1) is 11.1. The fourth-order valence-electron chi connectivity index (χ4n) is 2.75. The highest BCUT2D eigenvalue weighted by Gasteiger charge is 2.33. The van der Waals surface area contributed by atoms with Crippen LogP contribution in [0, 0.1) is 0 Å². The van der Waals surface area contributed by atoms with Gasteiger partial charge < -0.3 is 9.64 Å². The van der Waals surface area contributed by atoms with Gasteiger partial charge in [0.1, 0.15) is 5.60 Å². The van der Waals surface area contributed by atoms with Gasteiger partial charge in [0.25, 0.3) is 0 Å². The molecule has 1 aliphatic rings. The summed E-state index contributed by atoms with van der Waals surface area (Å²) in [4.78, 5) is 14.2. The third kappa shape index (κ3) is 5.21. The van der Waals surface area contributed by atoms with E-state index in [2.05, 4.69) is 15.9 Å². The van der Waals surface area contributed by atoms with Gasteiger partial charge in [0.15, 0.2) is 9.84 Å². The monoisotopic (exact) mass is 417 g/mol. The van der Waals surface area contributed by atoms with Crippen LogP contribution in [0.2, 0.25) is 0 Å². The zero-order valence-electron chi connectivity index (χ0n) is 14.3. The van der Waals surface area contributed by atoms with Crippen LogP contribution in [0.1, 0.15) is 40.0 Å². The maximum absolute atomic E-state index is 12.5. The molecule has 1 heterocycles. The predicted octanol–water partition coefficient (Wildman–Crippen LogP) is 4.01. The third-order valence-corrected chi connectivity index (χ3v) is 6.19. The molecule has 0 saturated carbocycles. The predicted molar refractivity (Wildman–Crippen MR) is 96.8 cm³/mol. The summed E-state index contributed by atoms with van der Waals surface area (Å²) in [5.41, 5.74) is -0.548. The van der Waals surface area contributed by atoms with Crippen LogP contribution in [-0.2, 0) is 14.6 Å². The number of hydrogen-bond acceptors (Lipinski definition) is 4. The van der Waals surface area contributed by atoms with E-state index in [4.69, 9.17) is 4.74 Å². The lowest BCUT2D eigenvalue weighted by Gasteiger charge is -2.28. The molecule has 1 aromatic carbocycles. The van der Waals surface area contributed by atoms with Crippen molar-refractivity contribution in [2.45, 2.75) is 56.6 Å². The van der Waals surface area contributed by atoms with Crippen LogP contribution in [0.15, 0.2) is 33.6 Å². The summed E-state index contributed by atoms with van der Waals surface area (Å²) in [5.74, 6) is 0.0264. The van der Waals surface area contributed by atoms with E-state index in [1.807, 2.05) is 20.8 Å². The fraction of sp³-hybridized carbons (Fsp3) is 0.588. The van der Waals surface area contributed by atoms with E-state index in [1.54, 1.807) is 29.2 Å². The Hall–Kier alpha value is -1.08. The van der Waals surface area contributed by atoms with Crippen molar-refractivity contribution in [2.75, 3.05) is 12.3 Å². The van der Waals surface area contributed by atoms with Crippen molar-refractivity contribution in [2.24, 2.45) is 0 Å². The third-order valence-electron chi connectivity index (χ3n) is 3.90. The van der Waals surface area contributed by atoms with E-state index in [0.29, 0.717) is 17.9 Å². The number of sulfone groups is 1. The average molecular weight is 418 g/mol. The molecule has 0 aliphatic carbocycles. The van der Waals surface area contributed by atoms with E-state index in [-0.39, 0.29) is 17.9 Å². The zero-order chi connectivity index (χ0) is 18.0. The molecule has 1 aromatic rings. The van der Waals surface area contributed by atoms with Gasteiger partial charge in [-0.2, -0.15) is 0 Å². The Morgan fingerprint density at radius 1 is 1.29 bits per heavy atom. The lowest BCUT2D eigenvalue weighted by Crippen LogP contribution is -2.40. The molecule has 1 atom stereocenters. The van der Waals surface area contributed by atoms with Crippen LogP contribution in [0.25, 0.3) is 0 Å². The van der Waals surface area contributed by atoms with Gasteiger partial charge in [-0.3, -0.25) is 0 Å². The number of nitrogens with zero attached hydrogens (tertiary/aromatic N) is 1. The summed E-state index contributed by atoms with van der Waals surface area (Å²) in [6.07, 6.45) is 1.76. The maximum Gasteiger partial charge on any atom is 0.410 e. The molecule has 0 aromatic heterocycles. The van der Waals surface area contributed by atoms with Crippen LogP contribution in [0.3, 0.4) is 0 Å². The molecule has 1 unspecified atom stereocenters. The van der Waals surface area contributed by atoms with E-state index in [1.165, 1.54) is 0 Å². The van der Waals surface area contributed by atoms with Crippen LogP contribution < -0.4 is 0 Å². The molecule has 0 bridgehead atoms. The first-order valence-electron chi connectivity index (χ1n) is 8.06. The molecule has 134 valence electrons. The Balaban J connectivity index is 1.99. The quantitative estimate of drug-likeness (QED) is 0.741. The normalized spacial score (nSPS) is 18.7. The number of carbonyl (C=O) groups excluding carboxylic acids is 1. The first-order valence-corrected chi connectivity index (χ1v) is 10.5. The molecule has 5 nitrogen and oxygen atoms in total. The van der Waals surface area contributed by atoms with E-state index < -0.39 is 15.4 Å². The van der Waals surface area contributed by atoms with E-state index in [9.17, 15) is 13.2 Å². The Bertz CT molecular complexity index is 680. The van der Waals surface area contributed by atoms with Gasteiger partial charge in [-0.05, 0) is 64.3 Å². The molecular weight excluding hydrogens is 394 g/mol.